The van der Waals surface area contributed by atoms with E-state index in [1.54, 1.807) is 30.5 Å². The highest BCUT2D eigenvalue weighted by atomic mass is 35.5. The molecule has 0 atom stereocenters. The van der Waals surface area contributed by atoms with E-state index in [-0.39, 0.29) is 5.02 Å². The zero-order chi connectivity index (χ0) is 20.6. The van der Waals surface area contributed by atoms with E-state index in [9.17, 15) is 9.18 Å². The van der Waals surface area contributed by atoms with E-state index in [1.165, 1.54) is 6.07 Å². The number of anilines is 1. The smallest absolute Gasteiger partial charge is 0.405 e. The zero-order valence-electron chi connectivity index (χ0n) is 15.7. The fourth-order valence-electron chi connectivity index (χ4n) is 3.51. The molecule has 1 saturated heterocycles. The van der Waals surface area contributed by atoms with Gasteiger partial charge < -0.3 is 15.3 Å². The molecule has 9 heteroatoms. The highest BCUT2D eigenvalue weighted by molar-refractivity contribution is 6.31. The van der Waals surface area contributed by atoms with Gasteiger partial charge in [-0.15, -0.1) is 0 Å². The Morgan fingerprint density at radius 2 is 2.00 bits per heavy atom. The molecule has 1 amide bonds. The number of amides is 1. The maximum absolute atomic E-state index is 14.3. The third-order valence-corrected chi connectivity index (χ3v) is 5.51. The number of rotatable bonds is 3. The van der Waals surface area contributed by atoms with Crippen LogP contribution in [-0.2, 0) is 0 Å². The lowest BCUT2D eigenvalue weighted by Gasteiger charge is -2.39. The molecule has 0 saturated carbocycles. The first-order valence-corrected chi connectivity index (χ1v) is 9.57. The van der Waals surface area contributed by atoms with Crippen molar-refractivity contribution in [3.8, 4) is 11.3 Å². The van der Waals surface area contributed by atoms with Crippen LogP contribution in [0.4, 0.5) is 15.0 Å². The van der Waals surface area contributed by atoms with E-state index in [2.05, 4.69) is 25.2 Å². The standard InChI is InChI=1S/C20H19ClFN5O2/c1-20(26-19(28)29)7-9-27(10-8-20)16-11-23-18-15(24-16)6-5-14(25-18)12-3-2-4-13(21)17(12)22/h2-6,11,26H,7-10H2,1H3,(H,28,29). The Labute approximate surface area is 171 Å². The predicted molar refractivity (Wildman–Crippen MR) is 109 cm³/mol. The largest absolute Gasteiger partial charge is 0.465 e. The number of pyridine rings is 1. The molecule has 29 heavy (non-hydrogen) atoms. The number of nitrogens with zero attached hydrogens (tertiary/aromatic N) is 4. The van der Waals surface area contributed by atoms with Gasteiger partial charge in [-0.05, 0) is 44.0 Å². The number of carboxylic acid groups (broad SMARTS) is 1. The summed E-state index contributed by atoms with van der Waals surface area (Å²) in [6, 6.07) is 8.23. The fourth-order valence-corrected chi connectivity index (χ4v) is 3.69. The molecule has 7 nitrogen and oxygen atoms in total. The maximum Gasteiger partial charge on any atom is 0.405 e. The van der Waals surface area contributed by atoms with Crippen molar-refractivity contribution in [2.75, 3.05) is 18.0 Å². The molecule has 3 aromatic rings. The van der Waals surface area contributed by atoms with Crippen LogP contribution in [0.5, 0.6) is 0 Å². The number of piperidine rings is 1. The van der Waals surface area contributed by atoms with Gasteiger partial charge in [0.15, 0.2) is 11.5 Å². The normalized spacial score (nSPS) is 16.0. The van der Waals surface area contributed by atoms with Gasteiger partial charge in [0.25, 0.3) is 0 Å². The first-order valence-electron chi connectivity index (χ1n) is 9.19. The molecular formula is C20H19ClFN5O2. The highest BCUT2D eigenvalue weighted by Gasteiger charge is 2.32. The number of hydrogen-bond donors (Lipinski definition) is 2. The zero-order valence-corrected chi connectivity index (χ0v) is 16.4. The summed E-state index contributed by atoms with van der Waals surface area (Å²) in [5.41, 5.74) is 1.33. The molecular weight excluding hydrogens is 397 g/mol. The van der Waals surface area contributed by atoms with Crippen LogP contribution in [0.3, 0.4) is 0 Å². The highest BCUT2D eigenvalue weighted by Crippen LogP contribution is 2.28. The van der Waals surface area contributed by atoms with Gasteiger partial charge in [0, 0.05) is 24.2 Å². The van der Waals surface area contributed by atoms with Crippen LogP contribution < -0.4 is 10.2 Å². The third kappa shape index (κ3) is 3.93. The number of aromatic nitrogens is 3. The van der Waals surface area contributed by atoms with Crippen LogP contribution in [-0.4, -0.2) is 44.8 Å². The second-order valence-electron chi connectivity index (χ2n) is 7.35. The van der Waals surface area contributed by atoms with Crippen molar-refractivity contribution < 1.29 is 14.3 Å². The van der Waals surface area contributed by atoms with E-state index < -0.39 is 17.4 Å². The minimum atomic E-state index is -1.01. The molecule has 0 unspecified atom stereocenters. The van der Waals surface area contributed by atoms with Gasteiger partial charge in [-0.1, -0.05) is 17.7 Å². The number of carbonyl (C=O) groups is 1. The summed E-state index contributed by atoms with van der Waals surface area (Å²) in [5.74, 6) is 0.190. The quantitative estimate of drug-likeness (QED) is 0.668. The molecule has 0 aliphatic carbocycles. The van der Waals surface area contributed by atoms with Crippen LogP contribution in [0.15, 0.2) is 36.5 Å². The summed E-state index contributed by atoms with van der Waals surface area (Å²) in [7, 11) is 0. The second-order valence-corrected chi connectivity index (χ2v) is 7.75. The first kappa shape index (κ1) is 19.3. The van der Waals surface area contributed by atoms with Crippen LogP contribution in [0.2, 0.25) is 5.02 Å². The van der Waals surface area contributed by atoms with E-state index in [1.807, 2.05) is 6.92 Å². The lowest BCUT2D eigenvalue weighted by atomic mass is 9.90. The van der Waals surface area contributed by atoms with Crippen molar-refractivity contribution in [3.63, 3.8) is 0 Å². The Morgan fingerprint density at radius 3 is 2.72 bits per heavy atom. The molecule has 1 aliphatic rings. The number of benzene rings is 1. The molecule has 0 radical (unpaired) electrons. The van der Waals surface area contributed by atoms with Crippen LogP contribution in [0.25, 0.3) is 22.4 Å². The van der Waals surface area contributed by atoms with E-state index in [0.29, 0.717) is 54.2 Å². The molecule has 4 rings (SSSR count). The Hall–Kier alpha value is -3.00. The van der Waals surface area contributed by atoms with Crippen molar-refractivity contribution in [3.05, 3.63) is 47.4 Å². The van der Waals surface area contributed by atoms with Gasteiger partial charge in [-0.25, -0.2) is 24.1 Å². The van der Waals surface area contributed by atoms with Crippen molar-refractivity contribution in [1.29, 1.82) is 0 Å². The first-order chi connectivity index (χ1) is 13.8. The Balaban J connectivity index is 1.57. The molecule has 1 fully saturated rings. The van der Waals surface area contributed by atoms with E-state index in [0.717, 1.165) is 0 Å². The summed E-state index contributed by atoms with van der Waals surface area (Å²) in [6.45, 7) is 3.23. The van der Waals surface area contributed by atoms with Gasteiger partial charge in [-0.3, -0.25) is 0 Å². The SMILES string of the molecule is CC1(NC(=O)O)CCN(c2cnc3nc(-c4cccc(Cl)c4F)ccc3n2)CC1. The number of hydrogen-bond acceptors (Lipinski definition) is 5. The minimum Gasteiger partial charge on any atom is -0.465 e. The van der Waals surface area contributed by atoms with Crippen molar-refractivity contribution in [2.24, 2.45) is 0 Å². The summed E-state index contributed by atoms with van der Waals surface area (Å²) < 4.78 is 14.3. The molecule has 0 bridgehead atoms. The van der Waals surface area contributed by atoms with Gasteiger partial charge in [0.1, 0.15) is 11.3 Å². The molecule has 1 aromatic carbocycles. The van der Waals surface area contributed by atoms with Crippen LogP contribution in [0.1, 0.15) is 19.8 Å². The topological polar surface area (TPSA) is 91.2 Å². The Bertz CT molecular complexity index is 1090. The second kappa shape index (κ2) is 7.44. The van der Waals surface area contributed by atoms with Crippen LogP contribution in [0, 0.1) is 5.82 Å². The van der Waals surface area contributed by atoms with Crippen molar-refractivity contribution >= 4 is 34.7 Å². The molecule has 150 valence electrons. The van der Waals surface area contributed by atoms with Crippen LogP contribution >= 0.6 is 11.6 Å². The Morgan fingerprint density at radius 1 is 1.24 bits per heavy atom. The number of halogens is 2. The van der Waals surface area contributed by atoms with Gasteiger partial charge in [-0.2, -0.15) is 0 Å². The average molecular weight is 416 g/mol. The monoisotopic (exact) mass is 415 g/mol. The summed E-state index contributed by atoms with van der Waals surface area (Å²) in [4.78, 5) is 26.5. The fraction of sp³-hybridized carbons (Fsp3) is 0.300. The van der Waals surface area contributed by atoms with E-state index >= 15 is 0 Å². The van der Waals surface area contributed by atoms with Crippen molar-refractivity contribution in [2.45, 2.75) is 25.3 Å². The number of fused-ring (bicyclic) bond motifs is 1. The predicted octanol–water partition coefficient (Wildman–Crippen LogP) is 4.11. The summed E-state index contributed by atoms with van der Waals surface area (Å²) in [5, 5.41) is 11.6. The average Bonchev–Trinajstić information content (AvgIpc) is 2.69. The van der Waals surface area contributed by atoms with Gasteiger partial charge in [0.05, 0.1) is 16.9 Å². The summed E-state index contributed by atoms with van der Waals surface area (Å²) in [6.07, 6.45) is 1.97. The lowest BCUT2D eigenvalue weighted by Crippen LogP contribution is -2.53. The molecule has 2 N–H and O–H groups in total. The number of nitrogens with one attached hydrogen (secondary N) is 1. The maximum atomic E-state index is 14.3. The summed E-state index contributed by atoms with van der Waals surface area (Å²) >= 11 is 5.86. The van der Waals surface area contributed by atoms with E-state index in [4.69, 9.17) is 16.7 Å². The Kier molecular flexibility index (Phi) is 4.96. The molecule has 0 spiro atoms. The molecule has 1 aliphatic heterocycles. The molecule has 3 heterocycles. The third-order valence-electron chi connectivity index (χ3n) is 5.22. The van der Waals surface area contributed by atoms with Crippen molar-refractivity contribution in [1.82, 2.24) is 20.3 Å². The van der Waals surface area contributed by atoms with Gasteiger partial charge >= 0.3 is 6.09 Å². The molecule has 2 aromatic heterocycles. The lowest BCUT2D eigenvalue weighted by molar-refractivity contribution is 0.173. The minimum absolute atomic E-state index is 0.0420. The van der Waals surface area contributed by atoms with Gasteiger partial charge in [0.2, 0.25) is 0 Å².